The summed E-state index contributed by atoms with van der Waals surface area (Å²) in [7, 11) is 0. The minimum atomic E-state index is 0.337. The van der Waals surface area contributed by atoms with Crippen molar-refractivity contribution in [2.75, 3.05) is 6.61 Å². The molecule has 1 aliphatic carbocycles. The Bertz CT molecular complexity index is 180. The summed E-state index contributed by atoms with van der Waals surface area (Å²) in [6.07, 6.45) is 5.35. The van der Waals surface area contributed by atoms with E-state index >= 15 is 0 Å². The lowest BCUT2D eigenvalue weighted by Crippen LogP contribution is -2.50. The Balaban J connectivity index is 2.00. The van der Waals surface area contributed by atoms with E-state index in [1.165, 1.54) is 25.7 Å². The minimum absolute atomic E-state index is 0.337. The van der Waals surface area contributed by atoms with Gasteiger partial charge >= 0.3 is 0 Å². The Morgan fingerprint density at radius 2 is 2.00 bits per heavy atom. The molecule has 1 aliphatic heterocycles. The zero-order valence-electron chi connectivity index (χ0n) is 9.18. The molecule has 2 fully saturated rings. The van der Waals surface area contributed by atoms with Crippen LogP contribution in [0.5, 0.6) is 0 Å². The highest BCUT2D eigenvalue weighted by atomic mass is 16.5. The molecule has 1 nitrogen and oxygen atoms in total. The predicted octanol–water partition coefficient (Wildman–Crippen LogP) is 3.24. The highest BCUT2D eigenvalue weighted by Gasteiger charge is 2.51. The molecular formula is C12H22O. The van der Waals surface area contributed by atoms with Crippen LogP contribution in [0, 0.1) is 17.8 Å². The molecule has 3 unspecified atom stereocenters. The third-order valence-corrected chi connectivity index (χ3v) is 4.37. The van der Waals surface area contributed by atoms with Gasteiger partial charge in [-0.05, 0) is 43.4 Å². The van der Waals surface area contributed by atoms with E-state index in [2.05, 4.69) is 20.8 Å². The van der Waals surface area contributed by atoms with Gasteiger partial charge in [0.1, 0.15) is 0 Å². The molecule has 0 aromatic carbocycles. The second-order valence-electron chi connectivity index (χ2n) is 5.27. The highest BCUT2D eigenvalue weighted by molar-refractivity contribution is 5.02. The molecule has 76 valence electrons. The van der Waals surface area contributed by atoms with E-state index < -0.39 is 0 Å². The van der Waals surface area contributed by atoms with E-state index in [1.807, 2.05) is 0 Å². The van der Waals surface area contributed by atoms with Crippen molar-refractivity contribution >= 4 is 0 Å². The van der Waals surface area contributed by atoms with Gasteiger partial charge in [0.25, 0.3) is 0 Å². The quantitative estimate of drug-likeness (QED) is 0.637. The van der Waals surface area contributed by atoms with Crippen molar-refractivity contribution in [3.05, 3.63) is 0 Å². The summed E-state index contributed by atoms with van der Waals surface area (Å²) >= 11 is 0. The van der Waals surface area contributed by atoms with Crippen LogP contribution in [0.2, 0.25) is 0 Å². The van der Waals surface area contributed by atoms with Crippen molar-refractivity contribution in [3.63, 3.8) is 0 Å². The Hall–Kier alpha value is -0.0400. The van der Waals surface area contributed by atoms with Crippen LogP contribution in [0.3, 0.4) is 0 Å². The molecule has 0 amide bonds. The van der Waals surface area contributed by atoms with Gasteiger partial charge in [0.2, 0.25) is 0 Å². The maximum absolute atomic E-state index is 5.96. The van der Waals surface area contributed by atoms with Gasteiger partial charge in [-0.15, -0.1) is 0 Å². The van der Waals surface area contributed by atoms with Gasteiger partial charge < -0.3 is 4.74 Å². The zero-order chi connectivity index (χ0) is 9.47. The number of ether oxygens (including phenoxy) is 1. The maximum atomic E-state index is 5.96. The minimum Gasteiger partial charge on any atom is -0.375 e. The molecule has 0 radical (unpaired) electrons. The SMILES string of the molecule is CC(C)C(C)C1CCC12CCCO2. The van der Waals surface area contributed by atoms with Crippen molar-refractivity contribution < 1.29 is 4.74 Å². The fraction of sp³-hybridized carbons (Fsp3) is 1.00. The Morgan fingerprint density at radius 1 is 1.23 bits per heavy atom. The van der Waals surface area contributed by atoms with Gasteiger partial charge in [-0.3, -0.25) is 0 Å². The largest absolute Gasteiger partial charge is 0.375 e. The predicted molar refractivity (Wildman–Crippen MR) is 54.6 cm³/mol. The Morgan fingerprint density at radius 3 is 2.38 bits per heavy atom. The third kappa shape index (κ3) is 1.41. The van der Waals surface area contributed by atoms with Crippen molar-refractivity contribution in [1.29, 1.82) is 0 Å². The summed E-state index contributed by atoms with van der Waals surface area (Å²) in [5, 5.41) is 0. The van der Waals surface area contributed by atoms with Gasteiger partial charge in [-0.2, -0.15) is 0 Å². The third-order valence-electron chi connectivity index (χ3n) is 4.37. The summed E-state index contributed by atoms with van der Waals surface area (Å²) in [6, 6.07) is 0. The molecule has 1 saturated heterocycles. The Labute approximate surface area is 81.9 Å². The highest BCUT2D eigenvalue weighted by Crippen LogP contribution is 2.52. The first-order valence-electron chi connectivity index (χ1n) is 5.80. The van der Waals surface area contributed by atoms with E-state index in [1.54, 1.807) is 0 Å². The molecule has 1 spiro atoms. The first-order valence-corrected chi connectivity index (χ1v) is 5.80. The van der Waals surface area contributed by atoms with Gasteiger partial charge in [-0.25, -0.2) is 0 Å². The van der Waals surface area contributed by atoms with Crippen LogP contribution >= 0.6 is 0 Å². The zero-order valence-corrected chi connectivity index (χ0v) is 9.18. The van der Waals surface area contributed by atoms with Crippen LogP contribution in [0.15, 0.2) is 0 Å². The van der Waals surface area contributed by atoms with Gasteiger partial charge in [-0.1, -0.05) is 20.8 Å². The first-order chi connectivity index (χ1) is 6.16. The molecule has 1 heteroatoms. The van der Waals surface area contributed by atoms with Crippen molar-refractivity contribution in [2.24, 2.45) is 17.8 Å². The van der Waals surface area contributed by atoms with Crippen molar-refractivity contribution in [2.45, 2.75) is 52.1 Å². The fourth-order valence-electron chi connectivity index (χ4n) is 3.05. The smallest absolute Gasteiger partial charge is 0.0714 e. The van der Waals surface area contributed by atoms with E-state index in [0.29, 0.717) is 5.60 Å². The Kier molecular flexibility index (Phi) is 2.39. The second-order valence-corrected chi connectivity index (χ2v) is 5.27. The van der Waals surface area contributed by atoms with Crippen LogP contribution in [-0.2, 0) is 4.74 Å². The van der Waals surface area contributed by atoms with Gasteiger partial charge in [0, 0.05) is 6.61 Å². The van der Waals surface area contributed by atoms with Gasteiger partial charge in [0.05, 0.1) is 5.60 Å². The molecule has 0 aromatic rings. The van der Waals surface area contributed by atoms with Crippen molar-refractivity contribution in [3.8, 4) is 0 Å². The molecule has 0 aromatic heterocycles. The topological polar surface area (TPSA) is 9.23 Å². The lowest BCUT2D eigenvalue weighted by Gasteiger charge is -2.50. The summed E-state index contributed by atoms with van der Waals surface area (Å²) in [5.74, 6) is 2.51. The molecule has 3 atom stereocenters. The van der Waals surface area contributed by atoms with Crippen LogP contribution in [0.1, 0.15) is 46.5 Å². The number of rotatable bonds is 2. The molecule has 13 heavy (non-hydrogen) atoms. The fourth-order valence-corrected chi connectivity index (χ4v) is 3.05. The molecule has 2 rings (SSSR count). The molecule has 0 N–H and O–H groups in total. The normalized spacial score (nSPS) is 41.1. The summed E-state index contributed by atoms with van der Waals surface area (Å²) in [4.78, 5) is 0. The molecule has 1 heterocycles. The van der Waals surface area contributed by atoms with Crippen LogP contribution in [0.4, 0.5) is 0 Å². The number of hydrogen-bond acceptors (Lipinski definition) is 1. The lowest BCUT2D eigenvalue weighted by molar-refractivity contribution is -0.134. The molecule has 1 saturated carbocycles. The van der Waals surface area contributed by atoms with Crippen molar-refractivity contribution in [1.82, 2.24) is 0 Å². The van der Waals surface area contributed by atoms with E-state index in [0.717, 1.165) is 24.4 Å². The van der Waals surface area contributed by atoms with Crippen LogP contribution in [-0.4, -0.2) is 12.2 Å². The first kappa shape index (κ1) is 9.51. The average molecular weight is 182 g/mol. The van der Waals surface area contributed by atoms with E-state index in [9.17, 15) is 0 Å². The van der Waals surface area contributed by atoms with E-state index in [4.69, 9.17) is 4.74 Å². The lowest BCUT2D eigenvalue weighted by atomic mass is 9.60. The standard InChI is InChI=1S/C12H22O/c1-9(2)10(3)11-5-7-12(11)6-4-8-13-12/h9-11H,4-8H2,1-3H3. The second kappa shape index (κ2) is 3.27. The number of hydrogen-bond donors (Lipinski definition) is 0. The maximum Gasteiger partial charge on any atom is 0.0714 e. The van der Waals surface area contributed by atoms with E-state index in [-0.39, 0.29) is 0 Å². The molecule has 0 bridgehead atoms. The van der Waals surface area contributed by atoms with Crippen LogP contribution in [0.25, 0.3) is 0 Å². The molecule has 2 aliphatic rings. The monoisotopic (exact) mass is 182 g/mol. The summed E-state index contributed by atoms with van der Waals surface area (Å²) in [6.45, 7) is 8.09. The van der Waals surface area contributed by atoms with Crippen LogP contribution < -0.4 is 0 Å². The van der Waals surface area contributed by atoms with Gasteiger partial charge in [0.15, 0.2) is 0 Å². The average Bonchev–Trinajstić information content (AvgIpc) is 2.52. The summed E-state index contributed by atoms with van der Waals surface area (Å²) in [5.41, 5.74) is 0.337. The summed E-state index contributed by atoms with van der Waals surface area (Å²) < 4.78 is 5.96. The molecular weight excluding hydrogens is 160 g/mol.